The monoisotopic (exact) mass is 456 g/mol. The lowest BCUT2D eigenvalue weighted by Gasteiger charge is -2.19. The number of benzene rings is 2. The molecule has 1 amide bonds. The Morgan fingerprint density at radius 3 is 2.12 bits per heavy atom. The highest BCUT2D eigenvalue weighted by molar-refractivity contribution is 7.10. The molecule has 7 nitrogen and oxygen atoms in total. The molecule has 8 heteroatoms. The zero-order valence-corrected chi connectivity index (χ0v) is 19.9. The van der Waals surface area contributed by atoms with Gasteiger partial charge in [-0.25, -0.2) is 4.98 Å². The molecule has 1 unspecified atom stereocenters. The maximum atomic E-state index is 12.7. The zero-order valence-electron chi connectivity index (χ0n) is 19.1. The summed E-state index contributed by atoms with van der Waals surface area (Å²) in [6.07, 6.45) is -0.906. The number of aliphatic hydroxyl groups is 1. The van der Waals surface area contributed by atoms with Gasteiger partial charge in [0, 0.05) is 23.2 Å². The van der Waals surface area contributed by atoms with Gasteiger partial charge in [-0.3, -0.25) is 4.79 Å². The fourth-order valence-corrected chi connectivity index (χ4v) is 3.98. The van der Waals surface area contributed by atoms with Crippen LogP contribution in [0.1, 0.15) is 53.5 Å². The van der Waals surface area contributed by atoms with Crippen molar-refractivity contribution >= 4 is 22.9 Å². The lowest BCUT2D eigenvalue weighted by Crippen LogP contribution is -2.13. The first-order chi connectivity index (χ1) is 15.2. The average molecular weight is 457 g/mol. The third-order valence-electron chi connectivity index (χ3n) is 5.00. The number of aromatic nitrogens is 1. The van der Waals surface area contributed by atoms with E-state index in [1.807, 2.05) is 24.3 Å². The van der Waals surface area contributed by atoms with Crippen LogP contribution in [0, 0.1) is 0 Å². The molecule has 32 heavy (non-hydrogen) atoms. The molecule has 3 rings (SSSR count). The summed E-state index contributed by atoms with van der Waals surface area (Å²) in [6.45, 7) is 6.41. The lowest BCUT2D eigenvalue weighted by atomic mass is 9.86. The number of amides is 1. The van der Waals surface area contributed by atoms with Gasteiger partial charge in [0.05, 0.1) is 21.3 Å². The maximum absolute atomic E-state index is 12.7. The Balaban J connectivity index is 1.77. The van der Waals surface area contributed by atoms with Crippen molar-refractivity contribution in [1.29, 1.82) is 0 Å². The van der Waals surface area contributed by atoms with Gasteiger partial charge in [-0.1, -0.05) is 45.0 Å². The van der Waals surface area contributed by atoms with Crippen molar-refractivity contribution in [2.45, 2.75) is 32.3 Å². The van der Waals surface area contributed by atoms with Crippen LogP contribution in [0.2, 0.25) is 0 Å². The molecule has 0 aliphatic carbocycles. The molecular weight excluding hydrogens is 428 g/mol. The van der Waals surface area contributed by atoms with Crippen molar-refractivity contribution in [2.24, 2.45) is 0 Å². The van der Waals surface area contributed by atoms with Crippen molar-refractivity contribution < 1.29 is 24.1 Å². The largest absolute Gasteiger partial charge is 0.493 e. The molecule has 0 spiro atoms. The van der Waals surface area contributed by atoms with Gasteiger partial charge in [-0.05, 0) is 16.5 Å². The Kier molecular flexibility index (Phi) is 7.06. The Labute approximate surface area is 192 Å². The summed E-state index contributed by atoms with van der Waals surface area (Å²) in [5.41, 5.74) is 2.62. The fourth-order valence-electron chi connectivity index (χ4n) is 3.17. The summed E-state index contributed by atoms with van der Waals surface area (Å²) in [7, 11) is 4.52. The number of ether oxygens (including phenoxy) is 3. The van der Waals surface area contributed by atoms with Crippen molar-refractivity contribution in [1.82, 2.24) is 4.98 Å². The third-order valence-corrected chi connectivity index (χ3v) is 5.90. The van der Waals surface area contributed by atoms with Gasteiger partial charge in [-0.2, -0.15) is 0 Å². The van der Waals surface area contributed by atoms with Crippen LogP contribution in [0.15, 0.2) is 41.8 Å². The van der Waals surface area contributed by atoms with Crippen LogP contribution in [0.3, 0.4) is 0 Å². The molecule has 2 N–H and O–H groups in total. The molecular formula is C24H28N2O5S. The van der Waals surface area contributed by atoms with Crippen molar-refractivity contribution in [3.8, 4) is 17.2 Å². The number of rotatable bonds is 7. The first kappa shape index (κ1) is 23.6. The molecule has 0 saturated carbocycles. The van der Waals surface area contributed by atoms with Gasteiger partial charge in [0.2, 0.25) is 5.75 Å². The summed E-state index contributed by atoms with van der Waals surface area (Å²) in [5, 5.41) is 15.6. The number of aliphatic hydroxyl groups excluding tert-OH is 1. The summed E-state index contributed by atoms with van der Waals surface area (Å²) < 4.78 is 15.9. The minimum Gasteiger partial charge on any atom is -0.493 e. The molecule has 2 aromatic carbocycles. The molecule has 0 fully saturated rings. The third kappa shape index (κ3) is 5.03. The number of nitrogens with one attached hydrogen (secondary N) is 1. The molecule has 1 heterocycles. The van der Waals surface area contributed by atoms with E-state index in [1.165, 1.54) is 38.2 Å². The molecule has 170 valence electrons. The van der Waals surface area contributed by atoms with E-state index >= 15 is 0 Å². The predicted octanol–water partition coefficient (Wildman–Crippen LogP) is 4.80. The Hall–Kier alpha value is -3.10. The summed E-state index contributed by atoms with van der Waals surface area (Å²) in [4.78, 5) is 17.1. The Bertz CT molecular complexity index is 1060. The van der Waals surface area contributed by atoms with Crippen molar-refractivity contribution in [2.75, 3.05) is 26.6 Å². The molecule has 0 saturated heterocycles. The maximum Gasteiger partial charge on any atom is 0.275 e. The normalized spacial score (nSPS) is 12.2. The number of nitrogens with zero attached hydrogens (tertiary/aromatic N) is 1. The zero-order chi connectivity index (χ0) is 23.5. The summed E-state index contributed by atoms with van der Waals surface area (Å²) in [6, 6.07) is 11.1. The van der Waals surface area contributed by atoms with E-state index in [1.54, 1.807) is 17.5 Å². The van der Waals surface area contributed by atoms with Crippen molar-refractivity contribution in [3.63, 3.8) is 0 Å². The molecule has 0 aliphatic rings. The topological polar surface area (TPSA) is 89.9 Å². The van der Waals surface area contributed by atoms with Gasteiger partial charge in [0.15, 0.2) is 11.5 Å². The standard InChI is InChI=1S/C24H28N2O5S/c1-24(2,3)15-9-7-14(8-10-15)20(27)23-26-17(13-32-23)22(28)25-16-11-18(29-4)21(31-6)19(12-16)30-5/h7-13,20,27H,1-6H3,(H,25,28). The van der Waals surface area contributed by atoms with Crippen molar-refractivity contribution in [3.05, 3.63) is 63.6 Å². The van der Waals surface area contributed by atoms with E-state index in [2.05, 4.69) is 31.1 Å². The van der Waals surface area contributed by atoms with Crippen LogP contribution in [0.5, 0.6) is 17.2 Å². The van der Waals surface area contributed by atoms with Gasteiger partial charge in [0.1, 0.15) is 16.8 Å². The van der Waals surface area contributed by atoms with Gasteiger partial charge < -0.3 is 24.6 Å². The van der Waals surface area contributed by atoms with E-state index in [4.69, 9.17) is 14.2 Å². The Morgan fingerprint density at radius 2 is 1.62 bits per heavy atom. The van der Waals surface area contributed by atoms with E-state index in [9.17, 15) is 9.90 Å². The van der Waals surface area contributed by atoms with E-state index in [0.717, 1.165) is 5.56 Å². The number of hydrogen-bond acceptors (Lipinski definition) is 7. The second-order valence-electron chi connectivity index (χ2n) is 8.21. The number of carbonyl (C=O) groups is 1. The summed E-state index contributed by atoms with van der Waals surface area (Å²) in [5.74, 6) is 0.882. The first-order valence-corrected chi connectivity index (χ1v) is 10.9. The van der Waals surface area contributed by atoms with Crippen LogP contribution >= 0.6 is 11.3 Å². The highest BCUT2D eigenvalue weighted by atomic mass is 32.1. The molecule has 0 bridgehead atoms. The average Bonchev–Trinajstić information content (AvgIpc) is 3.27. The van der Waals surface area contributed by atoms with Gasteiger partial charge in [0.25, 0.3) is 5.91 Å². The smallest absolute Gasteiger partial charge is 0.275 e. The minimum atomic E-state index is -0.906. The number of hydrogen-bond donors (Lipinski definition) is 2. The Morgan fingerprint density at radius 1 is 1.03 bits per heavy atom. The quantitative estimate of drug-likeness (QED) is 0.531. The van der Waals surface area contributed by atoms with Crippen LogP contribution < -0.4 is 19.5 Å². The molecule has 0 aliphatic heterocycles. The first-order valence-electron chi connectivity index (χ1n) is 10.0. The lowest BCUT2D eigenvalue weighted by molar-refractivity contribution is 0.102. The highest BCUT2D eigenvalue weighted by Gasteiger charge is 2.20. The highest BCUT2D eigenvalue weighted by Crippen LogP contribution is 2.40. The summed E-state index contributed by atoms with van der Waals surface area (Å²) >= 11 is 1.23. The van der Waals surface area contributed by atoms with Crippen LogP contribution in [0.25, 0.3) is 0 Å². The number of carbonyl (C=O) groups excluding carboxylic acids is 1. The number of anilines is 1. The second kappa shape index (κ2) is 9.58. The molecule has 1 aromatic heterocycles. The molecule has 0 radical (unpaired) electrons. The predicted molar refractivity (Wildman–Crippen MR) is 125 cm³/mol. The number of thiazole rings is 1. The SMILES string of the molecule is COc1cc(NC(=O)c2csc(C(O)c3ccc(C(C)(C)C)cc3)n2)cc(OC)c1OC. The van der Waals surface area contributed by atoms with E-state index < -0.39 is 12.0 Å². The molecule has 1 atom stereocenters. The van der Waals surface area contributed by atoms with Crippen LogP contribution in [0.4, 0.5) is 5.69 Å². The fraction of sp³-hybridized carbons (Fsp3) is 0.333. The molecule has 3 aromatic rings. The van der Waals surface area contributed by atoms with Gasteiger partial charge >= 0.3 is 0 Å². The van der Waals surface area contributed by atoms with Crippen LogP contribution in [-0.2, 0) is 5.41 Å². The van der Waals surface area contributed by atoms with E-state index in [-0.39, 0.29) is 11.1 Å². The number of methoxy groups -OCH3 is 3. The minimum absolute atomic E-state index is 0.0305. The van der Waals surface area contributed by atoms with E-state index in [0.29, 0.717) is 27.9 Å². The van der Waals surface area contributed by atoms with Crippen LogP contribution in [-0.4, -0.2) is 37.3 Å². The van der Waals surface area contributed by atoms with Gasteiger partial charge in [-0.15, -0.1) is 11.3 Å². The second-order valence-corrected chi connectivity index (χ2v) is 9.10.